The molecule has 2 rings (SSSR count). The van der Waals surface area contributed by atoms with Crippen molar-refractivity contribution >= 4 is 11.4 Å². The number of methoxy groups -OCH3 is 2. The van der Waals surface area contributed by atoms with Crippen molar-refractivity contribution in [2.75, 3.05) is 25.7 Å². The fourth-order valence-corrected chi connectivity index (χ4v) is 1.77. The molecule has 4 heteroatoms. The van der Waals surface area contributed by atoms with Crippen LogP contribution in [-0.4, -0.2) is 14.2 Å². The van der Waals surface area contributed by atoms with E-state index in [9.17, 15) is 0 Å². The lowest BCUT2D eigenvalue weighted by molar-refractivity contribution is 0.414. The largest absolute Gasteiger partial charge is 0.495 e. The quantitative estimate of drug-likeness (QED) is 0.825. The summed E-state index contributed by atoms with van der Waals surface area (Å²) in [4.78, 5) is 0. The molecule has 108 valence electrons. The highest BCUT2D eigenvalue weighted by atomic mass is 16.5. The molecule has 0 aliphatic heterocycles. The topological polar surface area (TPSA) is 70.5 Å². The van der Waals surface area contributed by atoms with Crippen LogP contribution in [0.3, 0.4) is 0 Å². The molecule has 20 heavy (non-hydrogen) atoms. The first-order chi connectivity index (χ1) is 9.49. The minimum atomic E-state index is 0.688. The second-order valence-electron chi connectivity index (χ2n) is 4.44. The molecule has 0 bridgehead atoms. The molecule has 4 N–H and O–H groups in total. The summed E-state index contributed by atoms with van der Waals surface area (Å²) in [6.07, 6.45) is 0. The smallest absolute Gasteiger partial charge is 0.144 e. The molecule has 0 amide bonds. The Morgan fingerprint density at radius 2 is 1.55 bits per heavy atom. The molecule has 0 spiro atoms. The van der Waals surface area contributed by atoms with Crippen LogP contribution in [0, 0.1) is 13.8 Å². The monoisotopic (exact) mass is 274 g/mol. The first-order valence-electron chi connectivity index (χ1n) is 6.28. The van der Waals surface area contributed by atoms with E-state index in [1.54, 1.807) is 14.2 Å². The van der Waals surface area contributed by atoms with E-state index in [4.69, 9.17) is 20.9 Å². The van der Waals surface area contributed by atoms with Gasteiger partial charge in [-0.3, -0.25) is 0 Å². The standard InChI is InChI=1S/2C8H11NO/c1-6-3-4-7(9)8(5-6)10-2;1-6-4-3-5-7(9)8(6)10-2/h2*3-5H,9H2,1-2H3. The van der Waals surface area contributed by atoms with Crippen LogP contribution in [0.15, 0.2) is 36.4 Å². The summed E-state index contributed by atoms with van der Waals surface area (Å²) in [6.45, 7) is 3.97. The van der Waals surface area contributed by atoms with Gasteiger partial charge < -0.3 is 20.9 Å². The van der Waals surface area contributed by atoms with E-state index in [1.807, 2.05) is 50.2 Å². The summed E-state index contributed by atoms with van der Waals surface area (Å²) in [5.74, 6) is 1.53. The molecule has 2 aromatic carbocycles. The molecule has 4 nitrogen and oxygen atoms in total. The van der Waals surface area contributed by atoms with Gasteiger partial charge in [-0.2, -0.15) is 0 Å². The number of benzene rings is 2. The molecule has 0 saturated heterocycles. The molecule has 2 aromatic rings. The van der Waals surface area contributed by atoms with Gasteiger partial charge in [0.1, 0.15) is 11.5 Å². The average molecular weight is 274 g/mol. The number of para-hydroxylation sites is 1. The number of hydrogen-bond acceptors (Lipinski definition) is 4. The summed E-state index contributed by atoms with van der Waals surface area (Å²) < 4.78 is 10.1. The van der Waals surface area contributed by atoms with Gasteiger partial charge in [-0.1, -0.05) is 18.2 Å². The summed E-state index contributed by atoms with van der Waals surface area (Å²) >= 11 is 0. The Morgan fingerprint density at radius 3 is 2.00 bits per heavy atom. The Kier molecular flexibility index (Phi) is 5.72. The molecule has 0 radical (unpaired) electrons. The van der Waals surface area contributed by atoms with Crippen LogP contribution in [0.2, 0.25) is 0 Å². The second-order valence-corrected chi connectivity index (χ2v) is 4.44. The lowest BCUT2D eigenvalue weighted by Gasteiger charge is -2.05. The molecular weight excluding hydrogens is 252 g/mol. The third kappa shape index (κ3) is 4.09. The van der Waals surface area contributed by atoms with Gasteiger partial charge in [0.15, 0.2) is 0 Å². The SMILES string of the molecule is COc1c(C)cccc1N.COc1cc(C)ccc1N. The Morgan fingerprint density at radius 1 is 0.850 bits per heavy atom. The first kappa shape index (κ1) is 15.7. The minimum Gasteiger partial charge on any atom is -0.495 e. The van der Waals surface area contributed by atoms with Gasteiger partial charge in [-0.05, 0) is 43.2 Å². The highest BCUT2D eigenvalue weighted by Crippen LogP contribution is 2.24. The van der Waals surface area contributed by atoms with Gasteiger partial charge in [0, 0.05) is 0 Å². The predicted octanol–water partition coefficient (Wildman–Crippen LogP) is 3.17. The molecule has 0 unspecified atom stereocenters. The van der Waals surface area contributed by atoms with Crippen molar-refractivity contribution in [1.29, 1.82) is 0 Å². The van der Waals surface area contributed by atoms with E-state index in [-0.39, 0.29) is 0 Å². The van der Waals surface area contributed by atoms with Crippen molar-refractivity contribution < 1.29 is 9.47 Å². The van der Waals surface area contributed by atoms with Crippen molar-refractivity contribution in [3.8, 4) is 11.5 Å². The third-order valence-electron chi connectivity index (χ3n) is 2.84. The van der Waals surface area contributed by atoms with Crippen molar-refractivity contribution in [3.63, 3.8) is 0 Å². The molecule has 0 heterocycles. The lowest BCUT2D eigenvalue weighted by Crippen LogP contribution is -1.93. The third-order valence-corrected chi connectivity index (χ3v) is 2.84. The maximum atomic E-state index is 5.61. The van der Waals surface area contributed by atoms with Gasteiger partial charge >= 0.3 is 0 Å². The van der Waals surface area contributed by atoms with Crippen LogP contribution in [0.4, 0.5) is 11.4 Å². The van der Waals surface area contributed by atoms with Crippen LogP contribution in [0.25, 0.3) is 0 Å². The average Bonchev–Trinajstić information content (AvgIpc) is 2.42. The number of nitrogen functional groups attached to an aromatic ring is 2. The molecule has 0 atom stereocenters. The van der Waals surface area contributed by atoms with E-state index >= 15 is 0 Å². The number of nitrogens with two attached hydrogens (primary N) is 2. The van der Waals surface area contributed by atoms with Crippen molar-refractivity contribution in [2.24, 2.45) is 0 Å². The maximum Gasteiger partial charge on any atom is 0.144 e. The van der Waals surface area contributed by atoms with Gasteiger partial charge in [0.2, 0.25) is 0 Å². The van der Waals surface area contributed by atoms with Gasteiger partial charge in [0.25, 0.3) is 0 Å². The zero-order valence-electron chi connectivity index (χ0n) is 12.4. The molecular formula is C16H22N2O2. The predicted molar refractivity (Wildman–Crippen MR) is 84.3 cm³/mol. The van der Waals surface area contributed by atoms with Crippen LogP contribution in [-0.2, 0) is 0 Å². The van der Waals surface area contributed by atoms with E-state index in [0.29, 0.717) is 11.4 Å². The lowest BCUT2D eigenvalue weighted by atomic mass is 10.2. The zero-order valence-corrected chi connectivity index (χ0v) is 12.4. The number of ether oxygens (including phenoxy) is 2. The van der Waals surface area contributed by atoms with Crippen molar-refractivity contribution in [3.05, 3.63) is 47.5 Å². The van der Waals surface area contributed by atoms with Gasteiger partial charge in [-0.15, -0.1) is 0 Å². The van der Waals surface area contributed by atoms with Crippen LogP contribution >= 0.6 is 0 Å². The molecule has 0 saturated carbocycles. The van der Waals surface area contributed by atoms with E-state index in [2.05, 4.69) is 0 Å². The van der Waals surface area contributed by atoms with E-state index < -0.39 is 0 Å². The minimum absolute atomic E-state index is 0.688. The van der Waals surface area contributed by atoms with Crippen molar-refractivity contribution in [2.45, 2.75) is 13.8 Å². The molecule has 0 fully saturated rings. The van der Waals surface area contributed by atoms with Crippen LogP contribution in [0.1, 0.15) is 11.1 Å². The van der Waals surface area contributed by atoms with Crippen molar-refractivity contribution in [1.82, 2.24) is 0 Å². The Labute approximate surface area is 120 Å². The Hall–Kier alpha value is -2.36. The Bertz CT molecular complexity index is 548. The van der Waals surface area contributed by atoms with E-state index in [0.717, 1.165) is 22.6 Å². The number of anilines is 2. The summed E-state index contributed by atoms with van der Waals surface area (Å²) in [5.41, 5.74) is 14.8. The van der Waals surface area contributed by atoms with E-state index in [1.165, 1.54) is 0 Å². The summed E-state index contributed by atoms with van der Waals surface area (Å²) in [6, 6.07) is 11.4. The zero-order chi connectivity index (χ0) is 15.1. The highest BCUT2D eigenvalue weighted by molar-refractivity contribution is 5.56. The number of rotatable bonds is 2. The van der Waals surface area contributed by atoms with Crippen LogP contribution < -0.4 is 20.9 Å². The maximum absolute atomic E-state index is 5.61. The number of aryl methyl sites for hydroxylation is 2. The fourth-order valence-electron chi connectivity index (χ4n) is 1.77. The summed E-state index contributed by atoms with van der Waals surface area (Å²) in [5, 5.41) is 0. The summed E-state index contributed by atoms with van der Waals surface area (Å²) in [7, 11) is 3.24. The normalized spacial score (nSPS) is 9.40. The highest BCUT2D eigenvalue weighted by Gasteiger charge is 1.99. The Balaban J connectivity index is 0.000000200. The number of hydrogen-bond donors (Lipinski definition) is 2. The molecule has 0 aliphatic rings. The fraction of sp³-hybridized carbons (Fsp3) is 0.250. The van der Waals surface area contributed by atoms with Gasteiger partial charge in [0.05, 0.1) is 25.6 Å². The molecule has 0 aromatic heterocycles. The second kappa shape index (κ2) is 7.28. The first-order valence-corrected chi connectivity index (χ1v) is 6.28. The van der Waals surface area contributed by atoms with Crippen LogP contribution in [0.5, 0.6) is 11.5 Å². The molecule has 0 aliphatic carbocycles. The van der Waals surface area contributed by atoms with Gasteiger partial charge in [-0.25, -0.2) is 0 Å².